The van der Waals surface area contributed by atoms with Crippen LogP contribution in [0.5, 0.6) is 0 Å². The van der Waals surface area contributed by atoms with Gasteiger partial charge < -0.3 is 15.3 Å². The summed E-state index contributed by atoms with van der Waals surface area (Å²) >= 11 is 0. The number of carbonyl (C=O) groups excluding carboxylic acids is 2. The number of amides is 2. The number of nitrogens with zero attached hydrogens (tertiary/aromatic N) is 3. The van der Waals surface area contributed by atoms with E-state index in [-0.39, 0.29) is 17.2 Å². The van der Waals surface area contributed by atoms with Crippen molar-refractivity contribution in [3.05, 3.63) is 30.1 Å². The molecule has 1 aliphatic heterocycles. The molecule has 0 radical (unpaired) electrons. The molecule has 7 heteroatoms. The van der Waals surface area contributed by atoms with Gasteiger partial charge in [-0.25, -0.2) is 4.98 Å². The molecule has 2 amide bonds. The zero-order chi connectivity index (χ0) is 22.1. The molecule has 2 aromatic heterocycles. The van der Waals surface area contributed by atoms with Gasteiger partial charge >= 0.3 is 0 Å². The summed E-state index contributed by atoms with van der Waals surface area (Å²) in [4.78, 5) is 32.2. The van der Waals surface area contributed by atoms with E-state index < -0.39 is 5.60 Å². The molecule has 1 atom stereocenters. The molecule has 32 heavy (non-hydrogen) atoms. The topological polar surface area (TPSA) is 86.9 Å². The Morgan fingerprint density at radius 3 is 2.47 bits per heavy atom. The summed E-state index contributed by atoms with van der Waals surface area (Å²) in [7, 11) is 0. The van der Waals surface area contributed by atoms with Gasteiger partial charge in [0.05, 0.1) is 5.60 Å². The molecular formula is C25H32N4O3. The van der Waals surface area contributed by atoms with E-state index in [1.165, 1.54) is 38.5 Å². The Bertz CT molecular complexity index is 1050. The Hall–Kier alpha value is -2.41. The van der Waals surface area contributed by atoms with Crippen molar-refractivity contribution in [2.45, 2.75) is 63.9 Å². The summed E-state index contributed by atoms with van der Waals surface area (Å²) in [6.07, 6.45) is 10.6. The number of hydrogen-bond acceptors (Lipinski definition) is 4. The molecule has 4 bridgehead atoms. The Morgan fingerprint density at radius 1 is 1.16 bits per heavy atom. The summed E-state index contributed by atoms with van der Waals surface area (Å²) in [5.74, 6) is 3.01. The van der Waals surface area contributed by atoms with Crippen LogP contribution in [0.1, 0.15) is 68.8 Å². The molecular weight excluding hydrogens is 404 g/mol. The molecule has 7 nitrogen and oxygen atoms in total. The number of nitrogens with one attached hydrogen (secondary N) is 1. The van der Waals surface area contributed by atoms with Gasteiger partial charge in [0.15, 0.2) is 0 Å². The highest BCUT2D eigenvalue weighted by Crippen LogP contribution is 2.61. The first kappa shape index (κ1) is 20.2. The second kappa shape index (κ2) is 7.04. The lowest BCUT2D eigenvalue weighted by Crippen LogP contribution is -2.47. The van der Waals surface area contributed by atoms with E-state index in [0.717, 1.165) is 17.8 Å². The van der Waals surface area contributed by atoms with E-state index in [9.17, 15) is 14.7 Å². The van der Waals surface area contributed by atoms with Gasteiger partial charge in [-0.05, 0) is 87.2 Å². The monoisotopic (exact) mass is 436 g/mol. The van der Waals surface area contributed by atoms with Gasteiger partial charge in [0.1, 0.15) is 17.2 Å². The van der Waals surface area contributed by atoms with Crippen LogP contribution < -0.4 is 5.32 Å². The van der Waals surface area contributed by atoms with Crippen molar-refractivity contribution in [2.75, 3.05) is 18.4 Å². The average molecular weight is 437 g/mol. The third kappa shape index (κ3) is 3.51. The van der Waals surface area contributed by atoms with Crippen LogP contribution in [-0.4, -0.2) is 49.9 Å². The Morgan fingerprint density at radius 2 is 1.84 bits per heavy atom. The van der Waals surface area contributed by atoms with Crippen molar-refractivity contribution >= 4 is 23.3 Å². The molecule has 1 saturated heterocycles. The Kier molecular flexibility index (Phi) is 4.45. The molecule has 3 heterocycles. The third-order valence-electron chi connectivity index (χ3n) is 8.42. The number of aliphatic hydroxyl groups is 1. The van der Waals surface area contributed by atoms with Crippen molar-refractivity contribution in [1.82, 2.24) is 14.3 Å². The van der Waals surface area contributed by atoms with Gasteiger partial charge in [-0.2, -0.15) is 0 Å². The summed E-state index contributed by atoms with van der Waals surface area (Å²) < 4.78 is 1.79. The first-order valence-electron chi connectivity index (χ1n) is 12.1. The Balaban J connectivity index is 1.19. The van der Waals surface area contributed by atoms with Crippen molar-refractivity contribution in [2.24, 2.45) is 23.2 Å². The highest BCUT2D eigenvalue weighted by molar-refractivity contribution is 5.94. The molecule has 7 rings (SSSR count). The van der Waals surface area contributed by atoms with E-state index in [4.69, 9.17) is 0 Å². The first-order chi connectivity index (χ1) is 15.3. The molecule has 2 aromatic rings. The highest BCUT2D eigenvalue weighted by atomic mass is 16.3. The van der Waals surface area contributed by atoms with E-state index >= 15 is 0 Å². The fourth-order valence-corrected chi connectivity index (χ4v) is 7.53. The number of carbonyl (C=O) groups is 2. The molecule has 0 spiro atoms. The molecule has 1 unspecified atom stereocenters. The summed E-state index contributed by atoms with van der Waals surface area (Å²) in [6.45, 7) is 2.59. The maximum Gasteiger partial charge on any atom is 0.274 e. The molecule has 170 valence electrons. The standard InChI is InChI=1S/C25H32N4O3/c1-24(32)5-6-28(15-24)23(31)19-14-29-20(26-19)3-2-4-21(29)27-22(30)13-25-10-16-7-17(11-25)9-18(8-16)12-25/h2-4,14,16-18,32H,5-13,15H2,1H3,(H,27,30). The summed E-state index contributed by atoms with van der Waals surface area (Å²) in [5.41, 5.74) is 0.318. The van der Waals surface area contributed by atoms with Crippen LogP contribution in [-0.2, 0) is 4.79 Å². The maximum absolute atomic E-state index is 13.1. The van der Waals surface area contributed by atoms with E-state index in [1.54, 1.807) is 22.4 Å². The number of β-amino-alcohol motifs (C(OH)–C–C–N with tert-alkyl or cyclic N) is 1. The van der Waals surface area contributed by atoms with Crippen LogP contribution in [0.25, 0.3) is 5.65 Å². The van der Waals surface area contributed by atoms with Crippen molar-refractivity contribution in [3.63, 3.8) is 0 Å². The number of fused-ring (bicyclic) bond motifs is 1. The van der Waals surface area contributed by atoms with Crippen LogP contribution in [0.2, 0.25) is 0 Å². The number of aromatic nitrogens is 2. The molecule has 2 N–H and O–H groups in total. The minimum Gasteiger partial charge on any atom is -0.388 e. The van der Waals surface area contributed by atoms with Crippen molar-refractivity contribution in [3.8, 4) is 0 Å². The van der Waals surface area contributed by atoms with Gasteiger partial charge in [0, 0.05) is 25.7 Å². The number of hydrogen-bond donors (Lipinski definition) is 2. The number of pyridine rings is 1. The summed E-state index contributed by atoms with van der Waals surface area (Å²) in [5, 5.41) is 13.3. The molecule has 5 aliphatic rings. The molecule has 4 aliphatic carbocycles. The molecule has 5 fully saturated rings. The van der Waals surface area contributed by atoms with Gasteiger partial charge in [-0.15, -0.1) is 0 Å². The predicted molar refractivity (Wildman–Crippen MR) is 120 cm³/mol. The summed E-state index contributed by atoms with van der Waals surface area (Å²) in [6, 6.07) is 5.56. The van der Waals surface area contributed by atoms with Crippen LogP contribution in [0.15, 0.2) is 24.4 Å². The van der Waals surface area contributed by atoms with Gasteiger partial charge in [-0.1, -0.05) is 6.07 Å². The SMILES string of the molecule is CC1(O)CCN(C(=O)c2cn3c(NC(=O)CC45CC6CC(CC(C6)C4)C5)cccc3n2)C1. The predicted octanol–water partition coefficient (Wildman–Crippen LogP) is 3.48. The zero-order valence-corrected chi connectivity index (χ0v) is 18.7. The number of rotatable bonds is 4. The fraction of sp³-hybridized carbons (Fsp3) is 0.640. The van der Waals surface area contributed by atoms with Gasteiger partial charge in [0.25, 0.3) is 5.91 Å². The number of anilines is 1. The van der Waals surface area contributed by atoms with E-state index in [0.29, 0.717) is 43.1 Å². The van der Waals surface area contributed by atoms with E-state index in [2.05, 4.69) is 10.3 Å². The zero-order valence-electron chi connectivity index (χ0n) is 18.7. The maximum atomic E-state index is 13.1. The minimum atomic E-state index is -0.842. The van der Waals surface area contributed by atoms with Gasteiger partial charge in [0.2, 0.25) is 5.91 Å². The average Bonchev–Trinajstić information content (AvgIpc) is 3.29. The number of likely N-dealkylation sites (tertiary alicyclic amines) is 1. The largest absolute Gasteiger partial charge is 0.388 e. The fourth-order valence-electron chi connectivity index (χ4n) is 7.53. The smallest absolute Gasteiger partial charge is 0.274 e. The number of imidazole rings is 1. The lowest BCUT2D eigenvalue weighted by atomic mass is 9.49. The highest BCUT2D eigenvalue weighted by Gasteiger charge is 2.51. The molecule has 4 saturated carbocycles. The van der Waals surface area contributed by atoms with Crippen molar-refractivity contribution in [1.29, 1.82) is 0 Å². The van der Waals surface area contributed by atoms with Crippen LogP contribution in [0.4, 0.5) is 5.82 Å². The molecule has 0 aromatic carbocycles. The first-order valence-corrected chi connectivity index (χ1v) is 12.1. The van der Waals surface area contributed by atoms with Crippen LogP contribution >= 0.6 is 0 Å². The Labute approximate surface area is 188 Å². The second-order valence-corrected chi connectivity index (χ2v) is 11.4. The van der Waals surface area contributed by atoms with Crippen molar-refractivity contribution < 1.29 is 14.7 Å². The quantitative estimate of drug-likeness (QED) is 0.768. The minimum absolute atomic E-state index is 0.0663. The second-order valence-electron chi connectivity index (χ2n) is 11.4. The normalized spacial score (nSPS) is 35.6. The lowest BCUT2D eigenvalue weighted by molar-refractivity contribution is -0.124. The lowest BCUT2D eigenvalue weighted by Gasteiger charge is -2.56. The van der Waals surface area contributed by atoms with Crippen LogP contribution in [0.3, 0.4) is 0 Å². The van der Waals surface area contributed by atoms with E-state index in [1.807, 2.05) is 18.2 Å². The van der Waals surface area contributed by atoms with Gasteiger partial charge in [-0.3, -0.25) is 14.0 Å². The third-order valence-corrected chi connectivity index (χ3v) is 8.42. The van der Waals surface area contributed by atoms with Crippen LogP contribution in [0, 0.1) is 23.2 Å².